The number of nitrogens with one attached hydrogen (secondary N) is 1. The fraction of sp³-hybridized carbons (Fsp3) is 0.250. The molecule has 0 heterocycles. The lowest BCUT2D eigenvalue weighted by molar-refractivity contribution is 0.482. The second-order valence-corrected chi connectivity index (χ2v) is 5.69. The summed E-state index contributed by atoms with van der Waals surface area (Å²) in [6.45, 7) is 0. The predicted molar refractivity (Wildman–Crippen MR) is 83.1 cm³/mol. The Hall–Kier alpha value is -1.16. The van der Waals surface area contributed by atoms with Crippen LogP contribution in [0.2, 0.25) is 10.0 Å². The number of hydrogen-bond donors (Lipinski definition) is 1. The first kappa shape index (κ1) is 16.2. The van der Waals surface area contributed by atoms with Gasteiger partial charge < -0.3 is 5.32 Å². The van der Waals surface area contributed by atoms with E-state index in [0.717, 1.165) is 11.6 Å². The topological polar surface area (TPSA) is 12.0 Å². The third-order valence-corrected chi connectivity index (χ3v) is 3.98. The van der Waals surface area contributed by atoms with Gasteiger partial charge in [-0.15, -0.1) is 0 Å². The van der Waals surface area contributed by atoms with Crippen molar-refractivity contribution in [2.24, 2.45) is 0 Å². The monoisotopic (exact) mass is 329 g/mol. The van der Waals surface area contributed by atoms with Gasteiger partial charge in [0.2, 0.25) is 0 Å². The summed E-state index contributed by atoms with van der Waals surface area (Å²) in [6.07, 6.45) is 0.939. The number of rotatable bonds is 5. The Morgan fingerprint density at radius 3 is 2.48 bits per heavy atom. The van der Waals surface area contributed by atoms with Gasteiger partial charge in [0.25, 0.3) is 0 Å². The predicted octanol–water partition coefficient (Wildman–Crippen LogP) is 4.64. The second kappa shape index (κ2) is 7.21. The SMILES string of the molecule is CNC(Cc1cc(Cl)ccc1Cl)Cc1cccc(F)c1F. The first-order chi connectivity index (χ1) is 10.0. The molecule has 0 saturated heterocycles. The van der Waals surface area contributed by atoms with Crippen molar-refractivity contribution in [2.45, 2.75) is 18.9 Å². The Labute approximate surface area is 132 Å². The van der Waals surface area contributed by atoms with Crippen LogP contribution in [0.4, 0.5) is 8.78 Å². The average Bonchev–Trinajstić information content (AvgIpc) is 2.46. The summed E-state index contributed by atoms with van der Waals surface area (Å²) in [5.41, 5.74) is 1.22. The van der Waals surface area contributed by atoms with Gasteiger partial charge in [-0.25, -0.2) is 8.78 Å². The summed E-state index contributed by atoms with van der Waals surface area (Å²) in [5, 5.41) is 4.31. The van der Waals surface area contributed by atoms with Gasteiger partial charge >= 0.3 is 0 Å². The van der Waals surface area contributed by atoms with E-state index in [0.29, 0.717) is 28.5 Å². The summed E-state index contributed by atoms with van der Waals surface area (Å²) in [5.74, 6) is -1.63. The molecule has 1 unspecified atom stereocenters. The van der Waals surface area contributed by atoms with Crippen molar-refractivity contribution in [3.8, 4) is 0 Å². The molecule has 0 spiro atoms. The summed E-state index contributed by atoms with van der Waals surface area (Å²) in [7, 11) is 1.78. The molecule has 112 valence electrons. The van der Waals surface area contributed by atoms with Gasteiger partial charge in [0, 0.05) is 16.1 Å². The quantitative estimate of drug-likeness (QED) is 0.842. The molecular formula is C16H15Cl2F2N. The Bertz CT molecular complexity index is 628. The van der Waals surface area contributed by atoms with E-state index < -0.39 is 11.6 Å². The van der Waals surface area contributed by atoms with Crippen molar-refractivity contribution >= 4 is 23.2 Å². The molecule has 21 heavy (non-hydrogen) atoms. The molecule has 5 heteroatoms. The molecule has 0 aliphatic rings. The van der Waals surface area contributed by atoms with Crippen molar-refractivity contribution in [2.75, 3.05) is 7.05 Å². The van der Waals surface area contributed by atoms with E-state index in [4.69, 9.17) is 23.2 Å². The van der Waals surface area contributed by atoms with Crippen LogP contribution in [0.5, 0.6) is 0 Å². The zero-order valence-corrected chi connectivity index (χ0v) is 13.0. The fourth-order valence-electron chi connectivity index (χ4n) is 2.21. The Morgan fingerprint density at radius 2 is 1.76 bits per heavy atom. The minimum Gasteiger partial charge on any atom is -0.316 e. The minimum atomic E-state index is -0.830. The van der Waals surface area contributed by atoms with Gasteiger partial charge in [-0.1, -0.05) is 35.3 Å². The third kappa shape index (κ3) is 4.16. The second-order valence-electron chi connectivity index (χ2n) is 4.84. The Morgan fingerprint density at radius 1 is 1.05 bits per heavy atom. The normalized spacial score (nSPS) is 12.4. The van der Waals surface area contributed by atoms with E-state index in [-0.39, 0.29) is 6.04 Å². The molecule has 1 nitrogen and oxygen atoms in total. The van der Waals surface area contributed by atoms with Crippen molar-refractivity contribution in [1.82, 2.24) is 5.32 Å². The van der Waals surface area contributed by atoms with Crippen molar-refractivity contribution in [3.05, 3.63) is 69.2 Å². The molecule has 0 aliphatic carbocycles. The van der Waals surface area contributed by atoms with E-state index in [1.807, 2.05) is 0 Å². The van der Waals surface area contributed by atoms with Crippen LogP contribution < -0.4 is 5.32 Å². The van der Waals surface area contributed by atoms with Crippen molar-refractivity contribution in [1.29, 1.82) is 0 Å². The van der Waals surface area contributed by atoms with E-state index in [2.05, 4.69) is 5.32 Å². The van der Waals surface area contributed by atoms with Gasteiger partial charge in [-0.2, -0.15) is 0 Å². The first-order valence-electron chi connectivity index (χ1n) is 6.55. The van der Waals surface area contributed by atoms with Gasteiger partial charge in [0.1, 0.15) is 0 Å². The maximum absolute atomic E-state index is 13.7. The maximum Gasteiger partial charge on any atom is 0.162 e. The molecule has 2 rings (SSSR count). The molecular weight excluding hydrogens is 315 g/mol. The van der Waals surface area contributed by atoms with E-state index >= 15 is 0 Å². The van der Waals surface area contributed by atoms with Gasteiger partial charge in [0.15, 0.2) is 11.6 Å². The van der Waals surface area contributed by atoms with Gasteiger partial charge in [-0.05, 0) is 55.3 Å². The molecule has 0 radical (unpaired) electrons. The number of benzene rings is 2. The summed E-state index contributed by atoms with van der Waals surface area (Å²) in [6, 6.07) is 9.37. The highest BCUT2D eigenvalue weighted by molar-refractivity contribution is 6.33. The fourth-order valence-corrected chi connectivity index (χ4v) is 2.60. The Balaban J connectivity index is 2.17. The summed E-state index contributed by atoms with van der Waals surface area (Å²) < 4.78 is 27.0. The number of halogens is 4. The smallest absolute Gasteiger partial charge is 0.162 e. The Kier molecular flexibility index (Phi) is 5.57. The molecule has 0 aliphatic heterocycles. The highest BCUT2D eigenvalue weighted by Gasteiger charge is 2.15. The molecule has 2 aromatic carbocycles. The van der Waals surface area contributed by atoms with Crippen LogP contribution in [0.25, 0.3) is 0 Å². The van der Waals surface area contributed by atoms with Crippen LogP contribution in [-0.4, -0.2) is 13.1 Å². The third-order valence-electron chi connectivity index (χ3n) is 3.38. The molecule has 2 aromatic rings. The van der Waals surface area contributed by atoms with Crippen LogP contribution in [0.1, 0.15) is 11.1 Å². The molecule has 0 aromatic heterocycles. The van der Waals surface area contributed by atoms with E-state index in [9.17, 15) is 8.78 Å². The van der Waals surface area contributed by atoms with Crippen LogP contribution in [0.3, 0.4) is 0 Å². The van der Waals surface area contributed by atoms with E-state index in [1.54, 1.807) is 31.3 Å². The highest BCUT2D eigenvalue weighted by Crippen LogP contribution is 2.23. The molecule has 0 fully saturated rings. The zero-order valence-electron chi connectivity index (χ0n) is 11.5. The van der Waals surface area contributed by atoms with Crippen LogP contribution in [-0.2, 0) is 12.8 Å². The van der Waals surface area contributed by atoms with Gasteiger partial charge in [-0.3, -0.25) is 0 Å². The summed E-state index contributed by atoms with van der Waals surface area (Å²) >= 11 is 12.1. The lowest BCUT2D eigenvalue weighted by Crippen LogP contribution is -2.30. The molecule has 0 bridgehead atoms. The molecule has 1 atom stereocenters. The zero-order chi connectivity index (χ0) is 15.4. The number of likely N-dealkylation sites (N-methyl/N-ethyl adjacent to an activating group) is 1. The maximum atomic E-state index is 13.7. The average molecular weight is 330 g/mol. The van der Waals surface area contributed by atoms with Crippen molar-refractivity contribution < 1.29 is 8.78 Å². The number of hydrogen-bond acceptors (Lipinski definition) is 1. The standard InChI is InChI=1S/C16H15Cl2F2N/c1-21-13(8-10-3-2-4-15(19)16(10)20)9-11-7-12(17)5-6-14(11)18/h2-7,13,21H,8-9H2,1H3. The first-order valence-corrected chi connectivity index (χ1v) is 7.31. The van der Waals surface area contributed by atoms with Crippen LogP contribution in [0, 0.1) is 11.6 Å². The van der Waals surface area contributed by atoms with E-state index in [1.165, 1.54) is 6.07 Å². The largest absolute Gasteiger partial charge is 0.316 e. The van der Waals surface area contributed by atoms with Crippen molar-refractivity contribution in [3.63, 3.8) is 0 Å². The molecule has 0 saturated carbocycles. The lowest BCUT2D eigenvalue weighted by atomic mass is 9.98. The van der Waals surface area contributed by atoms with Crippen LogP contribution >= 0.6 is 23.2 Å². The molecule has 0 amide bonds. The lowest BCUT2D eigenvalue weighted by Gasteiger charge is -2.18. The molecule has 1 N–H and O–H groups in total. The summed E-state index contributed by atoms with van der Waals surface area (Å²) in [4.78, 5) is 0. The highest BCUT2D eigenvalue weighted by atomic mass is 35.5. The van der Waals surface area contributed by atoms with Gasteiger partial charge in [0.05, 0.1) is 0 Å². The van der Waals surface area contributed by atoms with Crippen LogP contribution in [0.15, 0.2) is 36.4 Å². The minimum absolute atomic E-state index is 0.0720.